The van der Waals surface area contributed by atoms with Crippen molar-refractivity contribution in [2.24, 2.45) is 5.41 Å². The molecule has 0 aromatic heterocycles. The molecule has 0 aromatic rings. The molecule has 0 aromatic carbocycles. The average Bonchev–Trinajstić information content (AvgIpc) is 1.78. The lowest BCUT2D eigenvalue weighted by Crippen LogP contribution is -2.47. The molecule has 0 aliphatic carbocycles. The first-order valence-corrected chi connectivity index (χ1v) is 3.50. The van der Waals surface area contributed by atoms with Crippen LogP contribution in [0.5, 0.6) is 0 Å². The van der Waals surface area contributed by atoms with E-state index in [4.69, 9.17) is 4.84 Å². The Morgan fingerprint density at radius 1 is 1.80 bits per heavy atom. The van der Waals surface area contributed by atoms with Gasteiger partial charge in [-0.3, -0.25) is 4.84 Å². The summed E-state index contributed by atoms with van der Waals surface area (Å²) in [5, 5.41) is 1.85. The Morgan fingerprint density at radius 2 is 2.40 bits per heavy atom. The molecule has 0 unspecified atom stereocenters. The molecule has 1 aliphatic heterocycles. The van der Waals surface area contributed by atoms with E-state index in [-0.39, 0.29) is 0 Å². The molecule has 10 heavy (non-hydrogen) atoms. The predicted octanol–water partition coefficient (Wildman–Crippen LogP) is 1.61. The molecular formula is C8H14NO. The van der Waals surface area contributed by atoms with Gasteiger partial charge in [0.05, 0.1) is 13.2 Å². The molecule has 0 N–H and O–H groups in total. The summed E-state index contributed by atoms with van der Waals surface area (Å²) in [4.78, 5) is 5.22. The van der Waals surface area contributed by atoms with Crippen molar-refractivity contribution < 1.29 is 4.84 Å². The Bertz CT molecular complexity index is 123. The molecule has 1 saturated heterocycles. The van der Waals surface area contributed by atoms with E-state index >= 15 is 0 Å². The minimum atomic E-state index is 0.334. The minimum Gasteiger partial charge on any atom is -0.295 e. The summed E-state index contributed by atoms with van der Waals surface area (Å²) in [5.74, 6) is 0. The zero-order valence-electron chi connectivity index (χ0n) is 6.63. The van der Waals surface area contributed by atoms with Gasteiger partial charge in [-0.1, -0.05) is 19.9 Å². The highest BCUT2D eigenvalue weighted by atomic mass is 16.7. The van der Waals surface area contributed by atoms with Gasteiger partial charge in [0.15, 0.2) is 0 Å². The highest BCUT2D eigenvalue weighted by Crippen LogP contribution is 2.32. The molecule has 0 amide bonds. The number of hydrogen-bond donors (Lipinski definition) is 0. The van der Waals surface area contributed by atoms with Crippen molar-refractivity contribution in [2.45, 2.75) is 13.8 Å². The van der Waals surface area contributed by atoms with Gasteiger partial charge in [-0.05, 0) is 5.41 Å². The highest BCUT2D eigenvalue weighted by molar-refractivity contribution is 4.94. The van der Waals surface area contributed by atoms with E-state index in [9.17, 15) is 0 Å². The van der Waals surface area contributed by atoms with E-state index in [0.717, 1.165) is 6.54 Å². The average molecular weight is 140 g/mol. The van der Waals surface area contributed by atoms with Gasteiger partial charge < -0.3 is 0 Å². The van der Waals surface area contributed by atoms with Crippen molar-refractivity contribution in [3.8, 4) is 0 Å². The molecule has 57 valence electrons. The van der Waals surface area contributed by atoms with Crippen LogP contribution in [-0.2, 0) is 4.84 Å². The first-order chi connectivity index (χ1) is 4.64. The molecule has 1 radical (unpaired) electrons. The normalized spacial score (nSPS) is 23.8. The fraction of sp³-hybridized carbons (Fsp3) is 0.625. The van der Waals surface area contributed by atoms with Gasteiger partial charge in [0.2, 0.25) is 0 Å². The molecule has 2 nitrogen and oxygen atoms in total. The van der Waals surface area contributed by atoms with Gasteiger partial charge in [0.25, 0.3) is 0 Å². The van der Waals surface area contributed by atoms with Crippen molar-refractivity contribution in [1.29, 1.82) is 0 Å². The van der Waals surface area contributed by atoms with Crippen LogP contribution in [0.1, 0.15) is 13.8 Å². The summed E-state index contributed by atoms with van der Waals surface area (Å²) in [5.41, 5.74) is 0.334. The maximum atomic E-state index is 5.22. The van der Waals surface area contributed by atoms with Gasteiger partial charge in [-0.25, -0.2) is 0 Å². The van der Waals surface area contributed by atoms with Crippen LogP contribution in [0.15, 0.2) is 12.7 Å². The summed E-state index contributed by atoms with van der Waals surface area (Å²) in [6, 6.07) is 0. The number of hydroxylamine groups is 2. The van der Waals surface area contributed by atoms with E-state index in [2.05, 4.69) is 27.0 Å². The Labute approximate surface area is 62.4 Å². The van der Waals surface area contributed by atoms with Gasteiger partial charge in [-0.15, -0.1) is 6.58 Å². The molecule has 1 rings (SSSR count). The molecule has 0 spiro atoms. The molecule has 1 heterocycles. The lowest BCUT2D eigenvalue weighted by molar-refractivity contribution is -0.199. The van der Waals surface area contributed by atoms with Crippen molar-refractivity contribution in [3.63, 3.8) is 0 Å². The Hall–Kier alpha value is -0.340. The van der Waals surface area contributed by atoms with Crippen LogP contribution in [0.25, 0.3) is 0 Å². The monoisotopic (exact) mass is 140 g/mol. The zero-order chi connectivity index (χ0) is 7.61. The second-order valence-corrected chi connectivity index (χ2v) is 3.28. The van der Waals surface area contributed by atoms with E-state index in [0.29, 0.717) is 12.0 Å². The summed E-state index contributed by atoms with van der Waals surface area (Å²) in [6.07, 6.45) is 1.75. The first-order valence-electron chi connectivity index (χ1n) is 3.50. The SMILES string of the molecule is C=CCON1[CH]C(C)(C)C1. The van der Waals surface area contributed by atoms with Crippen molar-refractivity contribution in [1.82, 2.24) is 5.06 Å². The van der Waals surface area contributed by atoms with Crippen LogP contribution in [0.4, 0.5) is 0 Å². The van der Waals surface area contributed by atoms with E-state index in [1.165, 1.54) is 0 Å². The predicted molar refractivity (Wildman–Crippen MR) is 40.9 cm³/mol. The van der Waals surface area contributed by atoms with Gasteiger partial charge >= 0.3 is 0 Å². The second-order valence-electron chi connectivity index (χ2n) is 3.28. The molecular weight excluding hydrogens is 126 g/mol. The molecule has 1 aliphatic rings. The van der Waals surface area contributed by atoms with Crippen molar-refractivity contribution in [2.75, 3.05) is 13.2 Å². The van der Waals surface area contributed by atoms with Gasteiger partial charge in [0.1, 0.15) is 0 Å². The van der Waals surface area contributed by atoms with Crippen molar-refractivity contribution in [3.05, 3.63) is 19.2 Å². The van der Waals surface area contributed by atoms with Crippen molar-refractivity contribution >= 4 is 0 Å². The van der Waals surface area contributed by atoms with E-state index < -0.39 is 0 Å². The van der Waals surface area contributed by atoms with E-state index in [1.54, 1.807) is 6.08 Å². The molecule has 2 heteroatoms. The summed E-state index contributed by atoms with van der Waals surface area (Å²) in [6.45, 7) is 11.6. The number of nitrogens with zero attached hydrogens (tertiary/aromatic N) is 1. The second kappa shape index (κ2) is 2.72. The van der Waals surface area contributed by atoms with Crippen LogP contribution < -0.4 is 0 Å². The maximum absolute atomic E-state index is 5.22. The zero-order valence-corrected chi connectivity index (χ0v) is 6.63. The Kier molecular flexibility index (Phi) is 2.11. The quantitative estimate of drug-likeness (QED) is 0.552. The lowest BCUT2D eigenvalue weighted by atomic mass is 9.86. The fourth-order valence-corrected chi connectivity index (χ4v) is 0.997. The van der Waals surface area contributed by atoms with E-state index in [1.807, 2.05) is 5.06 Å². The maximum Gasteiger partial charge on any atom is 0.0864 e. The molecule has 0 atom stereocenters. The number of hydrogen-bond acceptors (Lipinski definition) is 2. The first kappa shape index (κ1) is 7.76. The summed E-state index contributed by atoms with van der Waals surface area (Å²) >= 11 is 0. The fourth-order valence-electron chi connectivity index (χ4n) is 0.997. The lowest BCUT2D eigenvalue weighted by Gasteiger charge is -2.43. The topological polar surface area (TPSA) is 12.5 Å². The summed E-state index contributed by atoms with van der Waals surface area (Å²) < 4.78 is 0. The Balaban J connectivity index is 2.08. The van der Waals surface area contributed by atoms with Crippen LogP contribution in [0, 0.1) is 12.0 Å². The van der Waals surface area contributed by atoms with Crippen LogP contribution in [-0.4, -0.2) is 18.2 Å². The third-order valence-electron chi connectivity index (χ3n) is 1.42. The molecule has 1 fully saturated rings. The van der Waals surface area contributed by atoms with Gasteiger partial charge in [-0.2, -0.15) is 5.06 Å². The molecule has 0 saturated carbocycles. The third-order valence-corrected chi connectivity index (χ3v) is 1.42. The smallest absolute Gasteiger partial charge is 0.0864 e. The Morgan fingerprint density at radius 3 is 2.80 bits per heavy atom. The van der Waals surface area contributed by atoms with Gasteiger partial charge in [0, 0.05) is 6.54 Å². The highest BCUT2D eigenvalue weighted by Gasteiger charge is 2.35. The van der Waals surface area contributed by atoms with Crippen LogP contribution >= 0.6 is 0 Å². The van der Waals surface area contributed by atoms with Crippen LogP contribution in [0.3, 0.4) is 0 Å². The minimum absolute atomic E-state index is 0.334. The third kappa shape index (κ3) is 1.82. The van der Waals surface area contributed by atoms with Crippen LogP contribution in [0.2, 0.25) is 0 Å². The summed E-state index contributed by atoms with van der Waals surface area (Å²) in [7, 11) is 0. The molecule has 0 bridgehead atoms. The largest absolute Gasteiger partial charge is 0.295 e. The number of rotatable bonds is 3. The standard InChI is InChI=1S/C8H14NO/c1-4-5-10-9-6-8(2,3)7-9/h4,6H,1,5,7H2,2-3H3.